The fraction of sp³-hybridized carbons (Fsp3) is 0.750. The molecule has 1 aromatic rings. The van der Waals surface area contributed by atoms with E-state index in [2.05, 4.69) is 46.5 Å². The second kappa shape index (κ2) is 7.52. The maximum atomic E-state index is 13.2. The van der Waals surface area contributed by atoms with Crippen LogP contribution in [0.5, 0.6) is 0 Å². The molecule has 0 saturated heterocycles. The summed E-state index contributed by atoms with van der Waals surface area (Å²) < 4.78 is 2.08. The van der Waals surface area contributed by atoms with Crippen LogP contribution < -0.4 is 16.0 Å². The Balaban J connectivity index is 1.78. The molecule has 7 nitrogen and oxygen atoms in total. The SMILES string of the molecule is CCNC(=O)NC1(C(=O)N[C@H]2CCCc3c2cnn3C(C)(C)C)CCCC1. The molecule has 0 radical (unpaired) electrons. The van der Waals surface area contributed by atoms with Gasteiger partial charge in [-0.25, -0.2) is 4.79 Å². The van der Waals surface area contributed by atoms with Gasteiger partial charge >= 0.3 is 6.03 Å². The fourth-order valence-corrected chi connectivity index (χ4v) is 4.39. The predicted octanol–water partition coefficient (Wildman–Crippen LogP) is 2.76. The van der Waals surface area contributed by atoms with Gasteiger partial charge in [-0.3, -0.25) is 9.48 Å². The van der Waals surface area contributed by atoms with E-state index in [0.717, 1.165) is 37.7 Å². The van der Waals surface area contributed by atoms with Crippen LogP contribution >= 0.6 is 0 Å². The van der Waals surface area contributed by atoms with Gasteiger partial charge in [-0.15, -0.1) is 0 Å². The number of hydrogen-bond acceptors (Lipinski definition) is 3. The highest BCUT2D eigenvalue weighted by molar-refractivity contribution is 5.91. The highest BCUT2D eigenvalue weighted by Crippen LogP contribution is 2.35. The van der Waals surface area contributed by atoms with Gasteiger partial charge in [0.2, 0.25) is 5.91 Å². The molecule has 150 valence electrons. The van der Waals surface area contributed by atoms with Crippen molar-refractivity contribution in [3.8, 4) is 0 Å². The molecule has 0 unspecified atom stereocenters. The van der Waals surface area contributed by atoms with Crippen molar-refractivity contribution in [3.05, 3.63) is 17.5 Å². The summed E-state index contributed by atoms with van der Waals surface area (Å²) in [6, 6.07) is -0.301. The summed E-state index contributed by atoms with van der Waals surface area (Å²) >= 11 is 0. The lowest BCUT2D eigenvalue weighted by molar-refractivity contribution is -0.128. The molecule has 2 aliphatic rings. The van der Waals surface area contributed by atoms with E-state index in [9.17, 15) is 9.59 Å². The molecular weight excluding hydrogens is 342 g/mol. The molecule has 3 amide bonds. The van der Waals surface area contributed by atoms with E-state index >= 15 is 0 Å². The van der Waals surface area contributed by atoms with Gasteiger partial charge in [-0.1, -0.05) is 12.8 Å². The van der Waals surface area contributed by atoms with E-state index in [1.807, 2.05) is 13.1 Å². The van der Waals surface area contributed by atoms with Crippen LogP contribution in [-0.4, -0.2) is 33.8 Å². The smallest absolute Gasteiger partial charge is 0.315 e. The number of hydrogen-bond donors (Lipinski definition) is 3. The molecule has 1 atom stereocenters. The second-order valence-electron chi connectivity index (χ2n) is 8.82. The van der Waals surface area contributed by atoms with Crippen molar-refractivity contribution in [1.29, 1.82) is 0 Å². The molecule has 0 spiro atoms. The molecule has 1 fully saturated rings. The Morgan fingerprint density at radius 3 is 2.59 bits per heavy atom. The van der Waals surface area contributed by atoms with Crippen LogP contribution in [0, 0.1) is 0 Å². The molecule has 1 heterocycles. The van der Waals surface area contributed by atoms with E-state index < -0.39 is 5.54 Å². The van der Waals surface area contributed by atoms with Crippen LogP contribution in [0.25, 0.3) is 0 Å². The first-order valence-corrected chi connectivity index (χ1v) is 10.2. The van der Waals surface area contributed by atoms with Crippen molar-refractivity contribution in [3.63, 3.8) is 0 Å². The Kier molecular flexibility index (Phi) is 5.49. The minimum atomic E-state index is -0.795. The van der Waals surface area contributed by atoms with Gasteiger partial charge in [0.1, 0.15) is 5.54 Å². The van der Waals surface area contributed by atoms with Gasteiger partial charge < -0.3 is 16.0 Å². The Morgan fingerprint density at radius 1 is 1.26 bits per heavy atom. The lowest BCUT2D eigenvalue weighted by atomic mass is 9.90. The summed E-state index contributed by atoms with van der Waals surface area (Å²) in [6.07, 6.45) is 8.12. The third-order valence-corrected chi connectivity index (χ3v) is 5.71. The average molecular weight is 376 g/mol. The van der Waals surface area contributed by atoms with E-state index in [1.54, 1.807) is 0 Å². The zero-order chi connectivity index (χ0) is 19.7. The number of rotatable bonds is 4. The normalized spacial score (nSPS) is 21.4. The quantitative estimate of drug-likeness (QED) is 0.756. The van der Waals surface area contributed by atoms with E-state index in [-0.39, 0.29) is 23.5 Å². The standard InChI is InChI=1S/C20H33N5O2/c1-5-21-18(27)24-20(11-6-7-12-20)17(26)23-15-9-8-10-16-14(15)13-22-25(16)19(2,3)4/h13,15H,5-12H2,1-4H3,(H,23,26)(H2,21,24,27)/t15-/m0/s1. The Hall–Kier alpha value is -2.05. The van der Waals surface area contributed by atoms with Crippen molar-refractivity contribution < 1.29 is 9.59 Å². The van der Waals surface area contributed by atoms with Crippen molar-refractivity contribution in [1.82, 2.24) is 25.7 Å². The summed E-state index contributed by atoms with van der Waals surface area (Å²) in [6.45, 7) is 8.85. The fourth-order valence-electron chi connectivity index (χ4n) is 4.39. The van der Waals surface area contributed by atoms with Gasteiger partial charge in [-0.05, 0) is 59.8 Å². The highest BCUT2D eigenvalue weighted by Gasteiger charge is 2.43. The molecule has 27 heavy (non-hydrogen) atoms. The lowest BCUT2D eigenvalue weighted by Crippen LogP contribution is -2.59. The zero-order valence-electron chi connectivity index (χ0n) is 17.0. The predicted molar refractivity (Wildman–Crippen MR) is 104 cm³/mol. The molecule has 7 heteroatoms. The van der Waals surface area contributed by atoms with Crippen molar-refractivity contribution in [2.45, 2.75) is 89.8 Å². The second-order valence-corrected chi connectivity index (χ2v) is 8.82. The average Bonchev–Trinajstić information content (AvgIpc) is 3.22. The Labute approximate surface area is 161 Å². The van der Waals surface area contributed by atoms with Gasteiger partial charge in [0.05, 0.1) is 17.8 Å². The summed E-state index contributed by atoms with van der Waals surface area (Å²) in [7, 11) is 0. The van der Waals surface area contributed by atoms with Crippen LogP contribution in [-0.2, 0) is 16.8 Å². The topological polar surface area (TPSA) is 88.1 Å². The summed E-state index contributed by atoms with van der Waals surface area (Å²) in [4.78, 5) is 25.3. The Bertz CT molecular complexity index is 698. The van der Waals surface area contributed by atoms with Gasteiger partial charge in [0.25, 0.3) is 0 Å². The number of carbonyl (C=O) groups excluding carboxylic acids is 2. The first-order chi connectivity index (χ1) is 12.8. The van der Waals surface area contributed by atoms with Crippen molar-refractivity contribution in [2.24, 2.45) is 0 Å². The molecule has 0 aromatic carbocycles. The zero-order valence-corrected chi connectivity index (χ0v) is 17.0. The van der Waals surface area contributed by atoms with Gasteiger partial charge in [-0.2, -0.15) is 5.10 Å². The number of amides is 3. The number of nitrogens with zero attached hydrogens (tertiary/aromatic N) is 2. The third-order valence-electron chi connectivity index (χ3n) is 5.71. The largest absolute Gasteiger partial charge is 0.347 e. The number of urea groups is 1. The first kappa shape index (κ1) is 19.7. The summed E-state index contributed by atoms with van der Waals surface area (Å²) in [5, 5.41) is 13.5. The molecular formula is C20H33N5O2. The molecule has 3 rings (SSSR count). The third kappa shape index (κ3) is 3.96. The maximum Gasteiger partial charge on any atom is 0.315 e. The van der Waals surface area contributed by atoms with Crippen LogP contribution in [0.15, 0.2) is 6.20 Å². The molecule has 3 N–H and O–H groups in total. The van der Waals surface area contributed by atoms with E-state index in [4.69, 9.17) is 0 Å². The van der Waals surface area contributed by atoms with Crippen molar-refractivity contribution in [2.75, 3.05) is 6.54 Å². The van der Waals surface area contributed by atoms with Crippen LogP contribution in [0.3, 0.4) is 0 Å². The Morgan fingerprint density at radius 2 is 1.96 bits per heavy atom. The van der Waals surface area contributed by atoms with Crippen LogP contribution in [0.4, 0.5) is 4.79 Å². The minimum absolute atomic E-state index is 0.0362. The maximum absolute atomic E-state index is 13.2. The molecule has 1 saturated carbocycles. The van der Waals surface area contributed by atoms with E-state index in [1.165, 1.54) is 5.69 Å². The van der Waals surface area contributed by atoms with Crippen LogP contribution in [0.2, 0.25) is 0 Å². The summed E-state index contributed by atoms with van der Waals surface area (Å²) in [5.41, 5.74) is 1.47. The van der Waals surface area contributed by atoms with Gasteiger partial charge in [0, 0.05) is 17.8 Å². The highest BCUT2D eigenvalue weighted by atomic mass is 16.2. The minimum Gasteiger partial charge on any atom is -0.347 e. The van der Waals surface area contributed by atoms with E-state index in [0.29, 0.717) is 19.4 Å². The number of aromatic nitrogens is 2. The van der Waals surface area contributed by atoms with Gasteiger partial charge in [0.15, 0.2) is 0 Å². The lowest BCUT2D eigenvalue weighted by Gasteiger charge is -2.33. The monoisotopic (exact) mass is 375 g/mol. The molecule has 1 aromatic heterocycles. The number of nitrogens with one attached hydrogen (secondary N) is 3. The molecule has 0 bridgehead atoms. The van der Waals surface area contributed by atoms with Crippen molar-refractivity contribution >= 4 is 11.9 Å². The number of carbonyl (C=O) groups is 2. The molecule has 2 aliphatic carbocycles. The van der Waals surface area contributed by atoms with Crippen LogP contribution in [0.1, 0.15) is 83.5 Å². The first-order valence-electron chi connectivity index (χ1n) is 10.2. The summed E-state index contributed by atoms with van der Waals surface area (Å²) in [5.74, 6) is -0.0624. The molecule has 0 aliphatic heterocycles. The number of fused-ring (bicyclic) bond motifs is 1.